The van der Waals surface area contributed by atoms with Crippen LogP contribution in [-0.2, 0) is 16.6 Å². The number of halogens is 1. The van der Waals surface area contributed by atoms with Crippen LogP contribution in [0.3, 0.4) is 0 Å². The summed E-state index contributed by atoms with van der Waals surface area (Å²) in [5, 5.41) is 5.50. The lowest BCUT2D eigenvalue weighted by molar-refractivity contribution is -0.131. The summed E-state index contributed by atoms with van der Waals surface area (Å²) in [5.41, 5.74) is 2.60. The Morgan fingerprint density at radius 3 is 2.10 bits per heavy atom. The molecule has 0 aliphatic heterocycles. The zero-order chi connectivity index (χ0) is 29.9. The molecule has 2 amide bonds. The van der Waals surface area contributed by atoms with Gasteiger partial charge in [0.1, 0.15) is 22.7 Å². The summed E-state index contributed by atoms with van der Waals surface area (Å²) in [7, 11) is 1.70. The Morgan fingerprint density at radius 2 is 1.52 bits per heavy atom. The van der Waals surface area contributed by atoms with Crippen LogP contribution in [0.1, 0.15) is 25.3 Å². The molecule has 0 saturated heterocycles. The average molecular weight is 565 g/mol. The van der Waals surface area contributed by atoms with Gasteiger partial charge in [-0.3, -0.25) is 19.4 Å². The standard InChI is InChI=1S/C33H29FN4O4/c1-4-35-29-19-22(23-15-18-38(3)30(39)20-23)5-14-28(29)21(2)42-27-12-10-26(11-13-27)37-32(41)33(16-17-33)31(40)36-25-8-6-24(34)7-9-25/h4-15,18-20H,2,16-17H2,1,3H3,(H,36,40)(H,37,41)/b35-4-. The third-order valence-electron chi connectivity index (χ3n) is 7.08. The molecular weight excluding hydrogens is 535 g/mol. The lowest BCUT2D eigenvalue weighted by Gasteiger charge is -2.16. The van der Waals surface area contributed by atoms with Crippen molar-refractivity contribution in [1.29, 1.82) is 0 Å². The van der Waals surface area contributed by atoms with Gasteiger partial charge in [0.2, 0.25) is 11.8 Å². The third kappa shape index (κ3) is 6.05. The smallest absolute Gasteiger partial charge is 0.250 e. The van der Waals surface area contributed by atoms with Crippen molar-refractivity contribution in [3.05, 3.63) is 113 Å². The van der Waals surface area contributed by atoms with Crippen molar-refractivity contribution in [2.24, 2.45) is 17.5 Å². The van der Waals surface area contributed by atoms with Gasteiger partial charge in [-0.15, -0.1) is 0 Å². The molecule has 2 N–H and O–H groups in total. The van der Waals surface area contributed by atoms with Crippen LogP contribution in [0, 0.1) is 11.2 Å². The van der Waals surface area contributed by atoms with Gasteiger partial charge in [-0.25, -0.2) is 4.39 Å². The van der Waals surface area contributed by atoms with E-state index in [0.717, 1.165) is 11.1 Å². The van der Waals surface area contributed by atoms with E-state index in [-0.39, 0.29) is 5.56 Å². The Kier molecular flexibility index (Phi) is 7.84. The maximum atomic E-state index is 13.2. The molecule has 1 aliphatic carbocycles. The fourth-order valence-corrected chi connectivity index (χ4v) is 4.44. The summed E-state index contributed by atoms with van der Waals surface area (Å²) in [6, 6.07) is 21.2. The van der Waals surface area contributed by atoms with Crippen molar-refractivity contribution in [1.82, 2.24) is 4.57 Å². The Balaban J connectivity index is 1.24. The van der Waals surface area contributed by atoms with Gasteiger partial charge in [0.25, 0.3) is 5.56 Å². The molecule has 1 saturated carbocycles. The maximum absolute atomic E-state index is 13.2. The first kappa shape index (κ1) is 28.2. The lowest BCUT2D eigenvalue weighted by Crippen LogP contribution is -2.35. The molecular formula is C33H29FN4O4. The first-order valence-corrected chi connectivity index (χ1v) is 13.3. The minimum Gasteiger partial charge on any atom is -0.457 e. The summed E-state index contributed by atoms with van der Waals surface area (Å²) in [6.45, 7) is 5.89. The normalized spacial score (nSPS) is 13.4. The molecule has 3 aromatic carbocycles. The van der Waals surface area contributed by atoms with E-state index in [1.165, 1.54) is 28.8 Å². The fourth-order valence-electron chi connectivity index (χ4n) is 4.44. The quantitative estimate of drug-likeness (QED) is 0.141. The molecule has 0 unspecified atom stereocenters. The molecule has 0 spiro atoms. The number of amides is 2. The number of aliphatic imine (C=N–C) groups is 1. The van der Waals surface area contributed by atoms with Gasteiger partial charge in [-0.2, -0.15) is 0 Å². The van der Waals surface area contributed by atoms with Gasteiger partial charge in [0, 0.05) is 42.5 Å². The van der Waals surface area contributed by atoms with Gasteiger partial charge < -0.3 is 19.9 Å². The van der Waals surface area contributed by atoms with Crippen molar-refractivity contribution in [3.63, 3.8) is 0 Å². The number of hydrogen-bond donors (Lipinski definition) is 2. The number of hydrogen-bond acceptors (Lipinski definition) is 5. The topological polar surface area (TPSA) is 102 Å². The predicted octanol–water partition coefficient (Wildman–Crippen LogP) is 6.32. The van der Waals surface area contributed by atoms with E-state index in [1.807, 2.05) is 31.2 Å². The summed E-state index contributed by atoms with van der Waals surface area (Å²) in [4.78, 5) is 42.4. The van der Waals surface area contributed by atoms with Crippen LogP contribution >= 0.6 is 0 Å². The molecule has 4 aromatic rings. The number of carbonyl (C=O) groups excluding carboxylic acids is 2. The monoisotopic (exact) mass is 564 g/mol. The van der Waals surface area contributed by atoms with Gasteiger partial charge in [-0.1, -0.05) is 12.6 Å². The van der Waals surface area contributed by atoms with Crippen LogP contribution in [0.25, 0.3) is 16.9 Å². The van der Waals surface area contributed by atoms with Crippen molar-refractivity contribution < 1.29 is 18.7 Å². The van der Waals surface area contributed by atoms with E-state index in [9.17, 15) is 18.8 Å². The Morgan fingerprint density at radius 1 is 0.929 bits per heavy atom. The van der Waals surface area contributed by atoms with Crippen molar-refractivity contribution in [3.8, 4) is 16.9 Å². The van der Waals surface area contributed by atoms with Gasteiger partial charge in [0.15, 0.2) is 0 Å². The van der Waals surface area contributed by atoms with Crippen molar-refractivity contribution in [2.45, 2.75) is 19.8 Å². The summed E-state index contributed by atoms with van der Waals surface area (Å²) in [6.07, 6.45) is 4.24. The fraction of sp³-hybridized carbons (Fsp3) is 0.152. The molecule has 1 fully saturated rings. The lowest BCUT2D eigenvalue weighted by atomic mass is 10.0. The second-order valence-electron chi connectivity index (χ2n) is 10.0. The number of benzene rings is 3. The first-order chi connectivity index (χ1) is 20.2. The summed E-state index contributed by atoms with van der Waals surface area (Å²) < 4.78 is 20.7. The van der Waals surface area contributed by atoms with Crippen LogP contribution in [0.2, 0.25) is 0 Å². The van der Waals surface area contributed by atoms with Crippen molar-refractivity contribution in [2.75, 3.05) is 10.6 Å². The van der Waals surface area contributed by atoms with Crippen molar-refractivity contribution >= 4 is 40.9 Å². The molecule has 1 aromatic heterocycles. The first-order valence-electron chi connectivity index (χ1n) is 13.3. The second kappa shape index (κ2) is 11.7. The van der Waals surface area contributed by atoms with E-state index >= 15 is 0 Å². The number of rotatable bonds is 9. The zero-order valence-corrected chi connectivity index (χ0v) is 23.2. The maximum Gasteiger partial charge on any atom is 0.250 e. The number of aromatic nitrogens is 1. The number of pyridine rings is 1. The van der Waals surface area contributed by atoms with Crippen LogP contribution in [0.4, 0.5) is 21.5 Å². The molecule has 0 radical (unpaired) electrons. The highest BCUT2D eigenvalue weighted by molar-refractivity contribution is 6.16. The van der Waals surface area contributed by atoms with E-state index in [0.29, 0.717) is 47.0 Å². The van der Waals surface area contributed by atoms with Crippen LogP contribution in [0.15, 0.2) is 101 Å². The largest absolute Gasteiger partial charge is 0.457 e. The molecule has 9 heteroatoms. The molecule has 1 aliphatic rings. The van der Waals surface area contributed by atoms with E-state index < -0.39 is 23.0 Å². The number of aryl methyl sites for hydroxylation is 1. The number of ether oxygens (including phenoxy) is 1. The minimum atomic E-state index is -1.16. The molecule has 0 bridgehead atoms. The number of carbonyl (C=O) groups is 2. The van der Waals surface area contributed by atoms with Gasteiger partial charge >= 0.3 is 0 Å². The molecule has 1 heterocycles. The Bertz CT molecular complexity index is 1750. The number of nitrogens with one attached hydrogen (secondary N) is 2. The van der Waals surface area contributed by atoms with Crippen LogP contribution in [-0.4, -0.2) is 22.6 Å². The molecule has 42 heavy (non-hydrogen) atoms. The molecule has 5 rings (SSSR count). The molecule has 8 nitrogen and oxygen atoms in total. The summed E-state index contributed by atoms with van der Waals surface area (Å²) >= 11 is 0. The highest BCUT2D eigenvalue weighted by atomic mass is 19.1. The van der Waals surface area contributed by atoms with Gasteiger partial charge in [0.05, 0.1) is 5.69 Å². The number of nitrogens with zero attached hydrogens (tertiary/aromatic N) is 2. The Labute approximate surface area is 242 Å². The van der Waals surface area contributed by atoms with Crippen LogP contribution < -0.4 is 20.9 Å². The molecule has 0 atom stereocenters. The molecule has 212 valence electrons. The predicted molar refractivity (Wildman–Crippen MR) is 162 cm³/mol. The third-order valence-corrected chi connectivity index (χ3v) is 7.08. The SMILES string of the molecule is C=C(Oc1ccc(NC(=O)C2(C(=O)Nc3ccc(F)cc3)CC2)cc1)c1ccc(-c2ccn(C)c(=O)c2)cc1/N=C\C. The van der Waals surface area contributed by atoms with E-state index in [4.69, 9.17) is 4.74 Å². The Hall–Kier alpha value is -5.31. The average Bonchev–Trinajstić information content (AvgIpc) is 3.79. The van der Waals surface area contributed by atoms with Crippen LogP contribution in [0.5, 0.6) is 5.75 Å². The van der Waals surface area contributed by atoms with Gasteiger partial charge in [-0.05, 0) is 97.6 Å². The zero-order valence-electron chi connectivity index (χ0n) is 23.2. The highest BCUT2D eigenvalue weighted by Gasteiger charge is 2.56. The summed E-state index contributed by atoms with van der Waals surface area (Å²) in [5.74, 6) is -0.367. The van der Waals surface area contributed by atoms with E-state index in [2.05, 4.69) is 22.2 Å². The minimum absolute atomic E-state index is 0.106. The second-order valence-corrected chi connectivity index (χ2v) is 10.0. The van der Waals surface area contributed by atoms with E-state index in [1.54, 1.807) is 49.8 Å². The highest BCUT2D eigenvalue weighted by Crippen LogP contribution is 2.47. The number of anilines is 2.